The van der Waals surface area contributed by atoms with Crippen molar-refractivity contribution in [3.63, 3.8) is 0 Å². The molecule has 1 aliphatic heterocycles. The van der Waals surface area contributed by atoms with Crippen LogP contribution in [0.4, 0.5) is 5.69 Å². The van der Waals surface area contributed by atoms with Gasteiger partial charge in [0.2, 0.25) is 0 Å². The minimum Gasteiger partial charge on any atom is -0.494 e. The Labute approximate surface area is 110 Å². The number of ether oxygens (including phenoxy) is 1. The predicted molar refractivity (Wildman–Crippen MR) is 76.5 cm³/mol. The summed E-state index contributed by atoms with van der Waals surface area (Å²) in [5.41, 5.74) is 1.31. The first-order chi connectivity index (χ1) is 8.83. The van der Waals surface area contributed by atoms with E-state index in [2.05, 4.69) is 41.4 Å². The lowest BCUT2D eigenvalue weighted by atomic mass is 10.1. The molecule has 1 aliphatic rings. The van der Waals surface area contributed by atoms with Crippen molar-refractivity contribution in [1.29, 1.82) is 0 Å². The molecule has 3 nitrogen and oxygen atoms in total. The van der Waals surface area contributed by atoms with E-state index in [9.17, 15) is 0 Å². The monoisotopic (exact) mass is 248 g/mol. The zero-order valence-electron chi connectivity index (χ0n) is 11.5. The number of piperazine rings is 1. The average molecular weight is 248 g/mol. The average Bonchev–Trinajstić information content (AvgIpc) is 2.41. The fourth-order valence-corrected chi connectivity index (χ4v) is 2.52. The first-order valence-electron chi connectivity index (χ1n) is 7.04. The molecule has 1 heterocycles. The number of nitrogens with zero attached hydrogens (tertiary/aromatic N) is 1. The Bertz CT molecular complexity index is 348. The van der Waals surface area contributed by atoms with Crippen molar-refractivity contribution in [1.82, 2.24) is 5.32 Å². The number of anilines is 1. The van der Waals surface area contributed by atoms with Crippen LogP contribution < -0.4 is 15.0 Å². The second-order valence-corrected chi connectivity index (χ2v) is 4.81. The van der Waals surface area contributed by atoms with Crippen LogP contribution in [0.5, 0.6) is 5.75 Å². The van der Waals surface area contributed by atoms with Crippen molar-refractivity contribution in [2.75, 3.05) is 31.1 Å². The van der Waals surface area contributed by atoms with Crippen LogP contribution >= 0.6 is 0 Å². The van der Waals surface area contributed by atoms with Crippen LogP contribution in [0.15, 0.2) is 24.3 Å². The van der Waals surface area contributed by atoms with Gasteiger partial charge < -0.3 is 15.0 Å². The van der Waals surface area contributed by atoms with E-state index in [1.54, 1.807) is 0 Å². The molecule has 1 aromatic rings. The molecule has 1 unspecified atom stereocenters. The van der Waals surface area contributed by atoms with Crippen molar-refractivity contribution in [3.8, 4) is 5.75 Å². The molecule has 0 aromatic heterocycles. The first kappa shape index (κ1) is 13.2. The highest BCUT2D eigenvalue weighted by Gasteiger charge is 2.18. The van der Waals surface area contributed by atoms with Crippen molar-refractivity contribution in [2.24, 2.45) is 0 Å². The van der Waals surface area contributed by atoms with Crippen molar-refractivity contribution in [2.45, 2.75) is 32.7 Å². The summed E-state index contributed by atoms with van der Waals surface area (Å²) in [4.78, 5) is 2.46. The van der Waals surface area contributed by atoms with Gasteiger partial charge in [-0.05, 0) is 37.6 Å². The summed E-state index contributed by atoms with van der Waals surface area (Å²) < 4.78 is 5.48. The third kappa shape index (κ3) is 3.39. The predicted octanol–water partition coefficient (Wildman–Crippen LogP) is 2.66. The van der Waals surface area contributed by atoms with Crippen LogP contribution in [0, 0.1) is 0 Å². The van der Waals surface area contributed by atoms with E-state index in [0.717, 1.165) is 32.0 Å². The summed E-state index contributed by atoms with van der Waals surface area (Å²) in [6.07, 6.45) is 2.50. The van der Waals surface area contributed by atoms with Gasteiger partial charge >= 0.3 is 0 Å². The van der Waals surface area contributed by atoms with E-state index in [0.29, 0.717) is 6.04 Å². The van der Waals surface area contributed by atoms with Crippen LogP contribution in [0.1, 0.15) is 26.7 Å². The standard InChI is InChI=1S/C15H24N2O/c1-3-5-13-12-17(11-10-16-13)14-6-8-15(9-7-14)18-4-2/h6-9,13,16H,3-5,10-12H2,1-2H3. The fraction of sp³-hybridized carbons (Fsp3) is 0.600. The summed E-state index contributed by atoms with van der Waals surface area (Å²) in [6, 6.07) is 9.10. The molecule has 0 bridgehead atoms. The maximum atomic E-state index is 5.48. The highest BCUT2D eigenvalue weighted by Crippen LogP contribution is 2.21. The Hall–Kier alpha value is -1.22. The van der Waals surface area contributed by atoms with E-state index in [-0.39, 0.29) is 0 Å². The van der Waals surface area contributed by atoms with Crippen LogP contribution in [0.2, 0.25) is 0 Å². The van der Waals surface area contributed by atoms with E-state index in [4.69, 9.17) is 4.74 Å². The normalized spacial score (nSPS) is 19.9. The highest BCUT2D eigenvalue weighted by molar-refractivity contribution is 5.49. The lowest BCUT2D eigenvalue weighted by molar-refractivity contribution is 0.340. The molecule has 100 valence electrons. The van der Waals surface area contributed by atoms with Crippen LogP contribution in [-0.4, -0.2) is 32.3 Å². The quantitative estimate of drug-likeness (QED) is 0.867. The van der Waals surface area contributed by atoms with Gasteiger partial charge in [0.25, 0.3) is 0 Å². The van der Waals surface area contributed by atoms with E-state index < -0.39 is 0 Å². The Kier molecular flexibility index (Phi) is 4.88. The number of benzene rings is 1. The zero-order chi connectivity index (χ0) is 12.8. The minimum absolute atomic E-state index is 0.635. The molecule has 0 radical (unpaired) electrons. The van der Waals surface area contributed by atoms with Crippen molar-refractivity contribution >= 4 is 5.69 Å². The third-order valence-corrected chi connectivity index (χ3v) is 3.41. The van der Waals surface area contributed by atoms with Gasteiger partial charge in [0.15, 0.2) is 0 Å². The molecule has 1 aromatic carbocycles. The molecule has 1 fully saturated rings. The SMILES string of the molecule is CCCC1CN(c2ccc(OCC)cc2)CCN1. The van der Waals surface area contributed by atoms with E-state index in [1.165, 1.54) is 18.5 Å². The van der Waals surface area contributed by atoms with E-state index >= 15 is 0 Å². The molecule has 0 amide bonds. The molecule has 3 heteroatoms. The largest absolute Gasteiger partial charge is 0.494 e. The van der Waals surface area contributed by atoms with Gasteiger partial charge in [0.05, 0.1) is 6.61 Å². The third-order valence-electron chi connectivity index (χ3n) is 3.41. The molecule has 0 spiro atoms. The second kappa shape index (κ2) is 6.64. The summed E-state index contributed by atoms with van der Waals surface area (Å²) in [5, 5.41) is 3.59. The Morgan fingerprint density at radius 1 is 1.28 bits per heavy atom. The highest BCUT2D eigenvalue weighted by atomic mass is 16.5. The number of nitrogens with one attached hydrogen (secondary N) is 1. The molecule has 18 heavy (non-hydrogen) atoms. The fourth-order valence-electron chi connectivity index (χ4n) is 2.52. The van der Waals surface area contributed by atoms with Gasteiger partial charge in [0, 0.05) is 31.4 Å². The van der Waals surface area contributed by atoms with Gasteiger partial charge in [-0.3, -0.25) is 0 Å². The first-order valence-corrected chi connectivity index (χ1v) is 7.04. The molecule has 0 aliphatic carbocycles. The van der Waals surface area contributed by atoms with Gasteiger partial charge in [-0.15, -0.1) is 0 Å². The molecule has 1 N–H and O–H groups in total. The van der Waals surface area contributed by atoms with Crippen molar-refractivity contribution in [3.05, 3.63) is 24.3 Å². The molecular formula is C15H24N2O. The van der Waals surface area contributed by atoms with Gasteiger partial charge in [-0.1, -0.05) is 13.3 Å². The summed E-state index contributed by atoms with van der Waals surface area (Å²) in [7, 11) is 0. The number of rotatable bonds is 5. The van der Waals surface area contributed by atoms with Crippen LogP contribution in [0.3, 0.4) is 0 Å². The molecule has 1 atom stereocenters. The Morgan fingerprint density at radius 2 is 2.06 bits per heavy atom. The molecule has 2 rings (SSSR count). The second-order valence-electron chi connectivity index (χ2n) is 4.81. The molecular weight excluding hydrogens is 224 g/mol. The molecule has 0 saturated carbocycles. The van der Waals surface area contributed by atoms with Gasteiger partial charge in [-0.25, -0.2) is 0 Å². The maximum Gasteiger partial charge on any atom is 0.119 e. The smallest absolute Gasteiger partial charge is 0.119 e. The van der Waals surface area contributed by atoms with E-state index in [1.807, 2.05) is 6.92 Å². The summed E-state index contributed by atoms with van der Waals surface area (Å²) in [6.45, 7) is 8.27. The molecule has 1 saturated heterocycles. The Balaban J connectivity index is 1.97. The van der Waals surface area contributed by atoms with Crippen molar-refractivity contribution < 1.29 is 4.74 Å². The van der Waals surface area contributed by atoms with Crippen LogP contribution in [0.25, 0.3) is 0 Å². The number of hydrogen-bond acceptors (Lipinski definition) is 3. The lowest BCUT2D eigenvalue weighted by Gasteiger charge is -2.35. The van der Waals surface area contributed by atoms with Gasteiger partial charge in [0.1, 0.15) is 5.75 Å². The summed E-state index contributed by atoms with van der Waals surface area (Å²) in [5.74, 6) is 0.960. The minimum atomic E-state index is 0.635. The summed E-state index contributed by atoms with van der Waals surface area (Å²) >= 11 is 0. The number of hydrogen-bond donors (Lipinski definition) is 1. The zero-order valence-corrected chi connectivity index (χ0v) is 11.5. The maximum absolute atomic E-state index is 5.48. The van der Waals surface area contributed by atoms with Gasteiger partial charge in [-0.2, -0.15) is 0 Å². The lowest BCUT2D eigenvalue weighted by Crippen LogP contribution is -2.50. The topological polar surface area (TPSA) is 24.5 Å². The van der Waals surface area contributed by atoms with Crippen LogP contribution in [-0.2, 0) is 0 Å². The Morgan fingerprint density at radius 3 is 2.72 bits per heavy atom.